The third kappa shape index (κ3) is 4.92. The van der Waals surface area contributed by atoms with Crippen LogP contribution < -0.4 is 10.5 Å². The smallest absolute Gasteiger partial charge is 0.439 e. The molecule has 1 aromatic carbocycles. The van der Waals surface area contributed by atoms with Gasteiger partial charge in [0.1, 0.15) is 0 Å². The van der Waals surface area contributed by atoms with E-state index in [2.05, 4.69) is 9.47 Å². The number of rotatable bonds is 5. The third-order valence-corrected chi connectivity index (χ3v) is 2.13. The zero-order chi connectivity index (χ0) is 15.3. The van der Waals surface area contributed by atoms with Crippen molar-refractivity contribution in [1.29, 1.82) is 0 Å². The van der Waals surface area contributed by atoms with Gasteiger partial charge in [-0.25, -0.2) is 9.18 Å². The minimum Gasteiger partial charge on any atom is -0.439 e. The highest BCUT2D eigenvalue weighted by Crippen LogP contribution is 2.28. The van der Waals surface area contributed by atoms with Crippen LogP contribution in [0, 0.1) is 5.82 Å². The van der Waals surface area contributed by atoms with Gasteiger partial charge in [0.25, 0.3) is 0 Å². The number of hydrogen-bond donors (Lipinski definition) is 1. The molecule has 0 saturated heterocycles. The van der Waals surface area contributed by atoms with E-state index in [1.54, 1.807) is 0 Å². The van der Waals surface area contributed by atoms with Gasteiger partial charge in [0.05, 0.1) is 6.61 Å². The molecule has 0 aliphatic carbocycles. The number of methoxy groups -OCH3 is 1. The van der Waals surface area contributed by atoms with Crippen molar-refractivity contribution in [2.24, 2.45) is 5.73 Å². The molecule has 112 valence electrons. The van der Waals surface area contributed by atoms with Gasteiger partial charge < -0.3 is 19.9 Å². The van der Waals surface area contributed by atoms with Crippen LogP contribution in [0.5, 0.6) is 5.75 Å². The van der Waals surface area contributed by atoms with Crippen LogP contribution in [0.3, 0.4) is 0 Å². The van der Waals surface area contributed by atoms with E-state index in [1.165, 1.54) is 7.11 Å². The van der Waals surface area contributed by atoms with Crippen LogP contribution in [0.25, 0.3) is 0 Å². The van der Waals surface area contributed by atoms with Crippen molar-refractivity contribution in [3.05, 3.63) is 29.6 Å². The van der Waals surface area contributed by atoms with Crippen molar-refractivity contribution in [3.8, 4) is 5.75 Å². The van der Waals surface area contributed by atoms with E-state index in [0.29, 0.717) is 0 Å². The summed E-state index contributed by atoms with van der Waals surface area (Å²) in [5.41, 5.74) is 4.91. The number of nitrogens with two attached hydrogens (primary N) is 1. The maximum Gasteiger partial charge on any atom is 0.573 e. The number of hydrogen-bond acceptors (Lipinski definition) is 4. The molecule has 1 aromatic rings. The molecule has 0 bridgehead atoms. The molecule has 2 N–H and O–H groups in total. The van der Waals surface area contributed by atoms with Gasteiger partial charge in [-0.2, -0.15) is 0 Å². The van der Waals surface area contributed by atoms with Gasteiger partial charge in [0.15, 0.2) is 17.7 Å². The molecule has 0 saturated carbocycles. The normalized spacial score (nSPS) is 12.8. The van der Waals surface area contributed by atoms with Crippen molar-refractivity contribution < 1.29 is 36.6 Å². The molecule has 9 heteroatoms. The second-order valence-electron chi connectivity index (χ2n) is 3.62. The van der Waals surface area contributed by atoms with Crippen LogP contribution >= 0.6 is 0 Å². The Kier molecular flexibility index (Phi) is 5.14. The van der Waals surface area contributed by atoms with Crippen LogP contribution in [-0.4, -0.2) is 26.2 Å². The molecular weight excluding hydrogens is 286 g/mol. The number of benzene rings is 1. The summed E-state index contributed by atoms with van der Waals surface area (Å²) in [6, 6.07) is 2.62. The zero-order valence-electron chi connectivity index (χ0n) is 10.2. The van der Waals surface area contributed by atoms with E-state index in [-0.39, 0.29) is 12.2 Å². The van der Waals surface area contributed by atoms with Crippen LogP contribution in [-0.2, 0) is 9.47 Å². The highest BCUT2D eigenvalue weighted by atomic mass is 19.4. The largest absolute Gasteiger partial charge is 0.573 e. The minimum absolute atomic E-state index is 0.0812. The average Bonchev–Trinajstić information content (AvgIpc) is 2.29. The topological polar surface area (TPSA) is 70.8 Å². The third-order valence-electron chi connectivity index (χ3n) is 2.13. The summed E-state index contributed by atoms with van der Waals surface area (Å²) >= 11 is 0. The van der Waals surface area contributed by atoms with Crippen LogP contribution in [0.15, 0.2) is 18.2 Å². The summed E-state index contributed by atoms with van der Waals surface area (Å²) in [4.78, 5) is 10.7. The SMILES string of the molecule is COCC(OC(N)=O)c1ccc(OC(F)(F)F)c(F)c1. The first kappa shape index (κ1) is 16.0. The van der Waals surface area contributed by atoms with Crippen LogP contribution in [0.2, 0.25) is 0 Å². The fourth-order valence-corrected chi connectivity index (χ4v) is 1.41. The summed E-state index contributed by atoms with van der Waals surface area (Å²) in [7, 11) is 1.30. The molecule has 1 atom stereocenters. The summed E-state index contributed by atoms with van der Waals surface area (Å²) in [6.45, 7) is -0.137. The van der Waals surface area contributed by atoms with Crippen LogP contribution in [0.1, 0.15) is 11.7 Å². The molecule has 0 fully saturated rings. The number of carbonyl (C=O) groups excluding carboxylic acids is 1. The number of halogens is 4. The number of alkyl halides is 3. The summed E-state index contributed by atoms with van der Waals surface area (Å²) < 4.78 is 62.3. The molecule has 0 aromatic heterocycles. The van der Waals surface area contributed by atoms with Crippen molar-refractivity contribution in [1.82, 2.24) is 0 Å². The molecule has 1 amide bonds. The lowest BCUT2D eigenvalue weighted by molar-refractivity contribution is -0.275. The second-order valence-corrected chi connectivity index (χ2v) is 3.62. The first-order valence-electron chi connectivity index (χ1n) is 5.23. The Labute approximate surface area is 111 Å². The fourth-order valence-electron chi connectivity index (χ4n) is 1.41. The van der Waals surface area contributed by atoms with Gasteiger partial charge in [-0.05, 0) is 17.7 Å². The lowest BCUT2D eigenvalue weighted by atomic mass is 10.1. The number of ether oxygens (including phenoxy) is 3. The molecule has 0 radical (unpaired) electrons. The minimum atomic E-state index is -5.00. The Balaban J connectivity index is 2.96. The van der Waals surface area contributed by atoms with E-state index >= 15 is 0 Å². The quantitative estimate of drug-likeness (QED) is 0.848. The highest BCUT2D eigenvalue weighted by molar-refractivity contribution is 5.65. The average molecular weight is 297 g/mol. The Morgan fingerprint density at radius 1 is 1.40 bits per heavy atom. The molecule has 0 aliphatic heterocycles. The Morgan fingerprint density at radius 3 is 2.50 bits per heavy atom. The molecule has 1 rings (SSSR count). The lowest BCUT2D eigenvalue weighted by Gasteiger charge is -2.17. The Hall–Kier alpha value is -2.03. The van der Waals surface area contributed by atoms with Gasteiger partial charge in [0, 0.05) is 7.11 Å². The molecular formula is C11H11F4NO4. The maximum atomic E-state index is 13.5. The lowest BCUT2D eigenvalue weighted by Crippen LogP contribution is -2.21. The van der Waals surface area contributed by atoms with Gasteiger partial charge >= 0.3 is 12.5 Å². The molecule has 5 nitrogen and oxygen atoms in total. The van der Waals surface area contributed by atoms with E-state index in [0.717, 1.165) is 18.2 Å². The van der Waals surface area contributed by atoms with Gasteiger partial charge in [0.2, 0.25) is 0 Å². The molecule has 20 heavy (non-hydrogen) atoms. The first-order chi connectivity index (χ1) is 9.23. The van der Waals surface area contributed by atoms with E-state index < -0.39 is 30.1 Å². The van der Waals surface area contributed by atoms with Gasteiger partial charge in [-0.1, -0.05) is 6.07 Å². The standard InChI is InChI=1S/C11H11F4NO4/c1-18-5-9(19-10(16)17)6-2-3-8(7(12)4-6)20-11(13,14)15/h2-4,9H,5H2,1H3,(H2,16,17). The number of carbonyl (C=O) groups is 1. The number of primary amides is 1. The summed E-state index contributed by atoms with van der Waals surface area (Å²) in [5, 5.41) is 0. The van der Waals surface area contributed by atoms with Crippen molar-refractivity contribution >= 4 is 6.09 Å². The highest BCUT2D eigenvalue weighted by Gasteiger charge is 2.32. The molecule has 0 aliphatic rings. The van der Waals surface area contributed by atoms with Crippen molar-refractivity contribution in [3.63, 3.8) is 0 Å². The zero-order valence-corrected chi connectivity index (χ0v) is 10.2. The van der Waals surface area contributed by atoms with E-state index in [1.807, 2.05) is 0 Å². The Morgan fingerprint density at radius 2 is 2.05 bits per heavy atom. The summed E-state index contributed by atoms with van der Waals surface area (Å²) in [5.74, 6) is -2.24. The number of amides is 1. The molecule has 0 heterocycles. The predicted octanol–water partition coefficient (Wildman–Crippen LogP) is 2.51. The van der Waals surface area contributed by atoms with Crippen molar-refractivity contribution in [2.45, 2.75) is 12.5 Å². The predicted molar refractivity (Wildman–Crippen MR) is 58.4 cm³/mol. The van der Waals surface area contributed by atoms with E-state index in [4.69, 9.17) is 10.5 Å². The molecule has 1 unspecified atom stereocenters. The monoisotopic (exact) mass is 297 g/mol. The van der Waals surface area contributed by atoms with E-state index in [9.17, 15) is 22.4 Å². The first-order valence-corrected chi connectivity index (χ1v) is 5.23. The maximum absolute atomic E-state index is 13.5. The fraction of sp³-hybridized carbons (Fsp3) is 0.364. The van der Waals surface area contributed by atoms with Gasteiger partial charge in [-0.3, -0.25) is 0 Å². The van der Waals surface area contributed by atoms with Crippen LogP contribution in [0.4, 0.5) is 22.4 Å². The molecule has 0 spiro atoms. The van der Waals surface area contributed by atoms with Crippen molar-refractivity contribution in [2.75, 3.05) is 13.7 Å². The second kappa shape index (κ2) is 6.42. The van der Waals surface area contributed by atoms with Gasteiger partial charge in [-0.15, -0.1) is 13.2 Å². The Bertz CT molecular complexity index is 478. The summed E-state index contributed by atoms with van der Waals surface area (Å²) in [6.07, 6.45) is -7.16.